The van der Waals surface area contributed by atoms with E-state index in [2.05, 4.69) is 27.0 Å². The Morgan fingerprint density at radius 2 is 2.00 bits per heavy atom. The average molecular weight is 342 g/mol. The van der Waals surface area contributed by atoms with E-state index < -0.39 is 0 Å². The van der Waals surface area contributed by atoms with Gasteiger partial charge in [0.25, 0.3) is 0 Å². The fourth-order valence-corrected chi connectivity index (χ4v) is 2.99. The van der Waals surface area contributed by atoms with Crippen molar-refractivity contribution in [2.45, 2.75) is 13.3 Å². The van der Waals surface area contributed by atoms with Crippen molar-refractivity contribution in [3.8, 4) is 0 Å². The fraction of sp³-hybridized carbons (Fsp3) is 0.368. The van der Waals surface area contributed by atoms with Crippen LogP contribution in [0.4, 0.5) is 15.9 Å². The third-order valence-electron chi connectivity index (χ3n) is 4.45. The molecule has 0 saturated carbocycles. The molecule has 0 radical (unpaired) electrons. The number of carbonyl (C=O) groups excluding carboxylic acids is 1. The monoisotopic (exact) mass is 342 g/mol. The first-order valence-electron chi connectivity index (χ1n) is 8.61. The number of nitrogens with one attached hydrogen (secondary N) is 1. The van der Waals surface area contributed by atoms with Gasteiger partial charge in [0.1, 0.15) is 11.6 Å². The minimum Gasteiger partial charge on any atom is -0.368 e. The SMILES string of the molecule is CCN1CCN(c2ccc(NC(=O)Cc3cccc(F)c3)nc2)CC1. The molecular weight excluding hydrogens is 319 g/mol. The van der Waals surface area contributed by atoms with E-state index in [4.69, 9.17) is 0 Å². The summed E-state index contributed by atoms with van der Waals surface area (Å²) in [5.41, 5.74) is 1.71. The molecule has 0 unspecified atom stereocenters. The van der Waals surface area contributed by atoms with Gasteiger partial charge in [0.15, 0.2) is 0 Å². The topological polar surface area (TPSA) is 48.5 Å². The molecule has 1 aromatic heterocycles. The van der Waals surface area contributed by atoms with Crippen molar-refractivity contribution in [3.63, 3.8) is 0 Å². The largest absolute Gasteiger partial charge is 0.368 e. The molecule has 1 amide bonds. The van der Waals surface area contributed by atoms with Crippen LogP contribution in [0.15, 0.2) is 42.6 Å². The molecular formula is C19H23FN4O. The van der Waals surface area contributed by atoms with Gasteiger partial charge >= 0.3 is 0 Å². The third-order valence-corrected chi connectivity index (χ3v) is 4.45. The lowest BCUT2D eigenvalue weighted by Crippen LogP contribution is -2.46. The Kier molecular flexibility index (Phi) is 5.60. The number of likely N-dealkylation sites (N-methyl/N-ethyl adjacent to an activating group) is 1. The predicted molar refractivity (Wildman–Crippen MR) is 97.3 cm³/mol. The minimum atomic E-state index is -0.337. The molecule has 6 heteroatoms. The number of benzene rings is 1. The van der Waals surface area contributed by atoms with Gasteiger partial charge in [-0.1, -0.05) is 19.1 Å². The summed E-state index contributed by atoms with van der Waals surface area (Å²) in [6, 6.07) is 9.85. The number of pyridine rings is 1. The highest BCUT2D eigenvalue weighted by atomic mass is 19.1. The summed E-state index contributed by atoms with van der Waals surface area (Å²) in [5.74, 6) is -0.0318. The number of hydrogen-bond acceptors (Lipinski definition) is 4. The van der Waals surface area contributed by atoms with E-state index in [1.807, 2.05) is 12.1 Å². The molecule has 0 spiro atoms. The van der Waals surface area contributed by atoms with E-state index >= 15 is 0 Å². The normalized spacial score (nSPS) is 15.2. The molecule has 5 nitrogen and oxygen atoms in total. The van der Waals surface area contributed by atoms with Gasteiger partial charge in [-0.15, -0.1) is 0 Å². The lowest BCUT2D eigenvalue weighted by molar-refractivity contribution is -0.115. The van der Waals surface area contributed by atoms with Gasteiger partial charge in [-0.3, -0.25) is 4.79 Å². The van der Waals surface area contributed by atoms with Gasteiger partial charge in [0.2, 0.25) is 5.91 Å². The maximum Gasteiger partial charge on any atom is 0.229 e. The number of anilines is 2. The molecule has 2 aromatic rings. The van der Waals surface area contributed by atoms with E-state index in [1.54, 1.807) is 18.3 Å². The number of nitrogens with zero attached hydrogens (tertiary/aromatic N) is 3. The zero-order valence-electron chi connectivity index (χ0n) is 14.4. The van der Waals surface area contributed by atoms with Crippen LogP contribution in [0.3, 0.4) is 0 Å². The van der Waals surface area contributed by atoms with E-state index in [0.717, 1.165) is 38.4 Å². The highest BCUT2D eigenvalue weighted by Crippen LogP contribution is 2.17. The summed E-state index contributed by atoms with van der Waals surface area (Å²) < 4.78 is 13.2. The molecule has 1 saturated heterocycles. The molecule has 1 aliphatic rings. The molecule has 0 atom stereocenters. The van der Waals surface area contributed by atoms with Crippen LogP contribution in [0, 0.1) is 5.82 Å². The standard InChI is InChI=1S/C19H23FN4O/c1-2-23-8-10-24(11-9-23)17-6-7-18(21-14-17)22-19(25)13-15-4-3-5-16(20)12-15/h3-7,12,14H,2,8-11,13H2,1H3,(H,21,22,25). The van der Waals surface area contributed by atoms with Crippen LogP contribution in [0.5, 0.6) is 0 Å². The van der Waals surface area contributed by atoms with Gasteiger partial charge in [0.05, 0.1) is 18.3 Å². The Balaban J connectivity index is 1.54. The Bertz CT molecular complexity index is 712. The van der Waals surface area contributed by atoms with Gasteiger partial charge in [-0.05, 0) is 36.4 Å². The molecule has 1 N–H and O–H groups in total. The van der Waals surface area contributed by atoms with Crippen molar-refractivity contribution in [2.24, 2.45) is 0 Å². The Morgan fingerprint density at radius 3 is 2.64 bits per heavy atom. The number of amides is 1. The number of carbonyl (C=O) groups is 1. The maximum absolute atomic E-state index is 13.2. The van der Waals surface area contributed by atoms with Crippen LogP contribution in [0.25, 0.3) is 0 Å². The van der Waals surface area contributed by atoms with Crippen molar-refractivity contribution < 1.29 is 9.18 Å². The summed E-state index contributed by atoms with van der Waals surface area (Å²) in [4.78, 5) is 21.1. The summed E-state index contributed by atoms with van der Waals surface area (Å²) in [5, 5.41) is 2.76. The molecule has 1 fully saturated rings. The quantitative estimate of drug-likeness (QED) is 0.907. The lowest BCUT2D eigenvalue weighted by atomic mass is 10.1. The van der Waals surface area contributed by atoms with Crippen molar-refractivity contribution >= 4 is 17.4 Å². The van der Waals surface area contributed by atoms with Gasteiger partial charge in [0, 0.05) is 26.2 Å². The first-order valence-corrected chi connectivity index (χ1v) is 8.61. The van der Waals surface area contributed by atoms with Crippen LogP contribution in [-0.2, 0) is 11.2 Å². The molecule has 132 valence electrons. The smallest absolute Gasteiger partial charge is 0.229 e. The van der Waals surface area contributed by atoms with Gasteiger partial charge in [-0.2, -0.15) is 0 Å². The molecule has 0 bridgehead atoms. The molecule has 2 heterocycles. The number of halogens is 1. The van der Waals surface area contributed by atoms with Crippen molar-refractivity contribution in [2.75, 3.05) is 42.9 Å². The second kappa shape index (κ2) is 8.07. The van der Waals surface area contributed by atoms with Crippen molar-refractivity contribution in [1.29, 1.82) is 0 Å². The van der Waals surface area contributed by atoms with E-state index in [9.17, 15) is 9.18 Å². The molecule has 1 aliphatic heterocycles. The van der Waals surface area contributed by atoms with Crippen molar-refractivity contribution in [3.05, 3.63) is 54.0 Å². The summed E-state index contributed by atoms with van der Waals surface area (Å²) >= 11 is 0. The van der Waals surface area contributed by atoms with Crippen LogP contribution in [-0.4, -0.2) is 48.5 Å². The van der Waals surface area contributed by atoms with Crippen LogP contribution < -0.4 is 10.2 Å². The van der Waals surface area contributed by atoms with E-state index in [1.165, 1.54) is 12.1 Å². The first kappa shape index (κ1) is 17.4. The minimum absolute atomic E-state index is 0.125. The zero-order chi connectivity index (χ0) is 17.6. The third kappa shape index (κ3) is 4.76. The van der Waals surface area contributed by atoms with Gasteiger partial charge in [-0.25, -0.2) is 9.37 Å². The van der Waals surface area contributed by atoms with Gasteiger partial charge < -0.3 is 15.1 Å². The fourth-order valence-electron chi connectivity index (χ4n) is 2.99. The van der Waals surface area contributed by atoms with E-state index in [-0.39, 0.29) is 18.1 Å². The number of piperazine rings is 1. The number of hydrogen-bond donors (Lipinski definition) is 1. The van der Waals surface area contributed by atoms with Crippen molar-refractivity contribution in [1.82, 2.24) is 9.88 Å². The zero-order valence-corrected chi connectivity index (χ0v) is 14.4. The summed E-state index contributed by atoms with van der Waals surface area (Å²) in [7, 11) is 0. The summed E-state index contributed by atoms with van der Waals surface area (Å²) in [6.45, 7) is 7.35. The van der Waals surface area contributed by atoms with Crippen LogP contribution in [0.1, 0.15) is 12.5 Å². The number of rotatable bonds is 5. The first-order chi connectivity index (χ1) is 12.1. The maximum atomic E-state index is 13.2. The lowest BCUT2D eigenvalue weighted by Gasteiger charge is -2.35. The average Bonchev–Trinajstić information content (AvgIpc) is 2.62. The molecule has 3 rings (SSSR count). The Morgan fingerprint density at radius 1 is 1.20 bits per heavy atom. The second-order valence-corrected chi connectivity index (χ2v) is 6.18. The second-order valence-electron chi connectivity index (χ2n) is 6.18. The van der Waals surface area contributed by atoms with E-state index in [0.29, 0.717) is 11.4 Å². The highest BCUT2D eigenvalue weighted by molar-refractivity contribution is 5.91. The summed E-state index contributed by atoms with van der Waals surface area (Å²) in [6.07, 6.45) is 1.92. The highest BCUT2D eigenvalue weighted by Gasteiger charge is 2.16. The Labute approximate surface area is 147 Å². The predicted octanol–water partition coefficient (Wildman–Crippen LogP) is 2.54. The van der Waals surface area contributed by atoms with Crippen LogP contribution >= 0.6 is 0 Å². The Hall–Kier alpha value is -2.47. The van der Waals surface area contributed by atoms with Crippen LogP contribution in [0.2, 0.25) is 0 Å². The number of aromatic nitrogens is 1. The molecule has 25 heavy (non-hydrogen) atoms. The molecule has 0 aliphatic carbocycles. The molecule has 1 aromatic carbocycles.